The predicted molar refractivity (Wildman–Crippen MR) is 80.9 cm³/mol. The Kier molecular flexibility index (Phi) is 4.57. The largest absolute Gasteiger partial charge is 0.478 e. The Balaban J connectivity index is 2.67. The molecule has 0 aromatic heterocycles. The molecule has 0 amide bonds. The summed E-state index contributed by atoms with van der Waals surface area (Å²) < 4.78 is 6.31. The summed E-state index contributed by atoms with van der Waals surface area (Å²) in [6, 6.07) is 9.95. The minimum absolute atomic E-state index is 0.123. The molecular weight excluding hydrogens is 392 g/mol. The van der Waals surface area contributed by atoms with E-state index in [1.165, 1.54) is 6.07 Å². The number of rotatable bonds is 4. The number of hydrogen-bond acceptors (Lipinski definition) is 3. The van der Waals surface area contributed by atoms with Crippen molar-refractivity contribution in [1.29, 1.82) is 0 Å². The van der Waals surface area contributed by atoms with Gasteiger partial charge in [0.25, 0.3) is 6.47 Å². The van der Waals surface area contributed by atoms with E-state index in [4.69, 9.17) is 4.74 Å². The summed E-state index contributed by atoms with van der Waals surface area (Å²) in [7, 11) is 0. The van der Waals surface area contributed by atoms with E-state index in [1.54, 1.807) is 30.3 Å². The van der Waals surface area contributed by atoms with Gasteiger partial charge in [0.05, 0.1) is 5.56 Å². The van der Waals surface area contributed by atoms with Crippen LogP contribution in [0.3, 0.4) is 0 Å². The minimum Gasteiger partial charge on any atom is -0.478 e. The van der Waals surface area contributed by atoms with Crippen LogP contribution in [-0.2, 0) is 4.79 Å². The average Bonchev–Trinajstić information content (AvgIpc) is 2.40. The number of ether oxygens (including phenoxy) is 1. The maximum absolute atomic E-state index is 11.3. The van der Waals surface area contributed by atoms with E-state index in [1.807, 2.05) is 0 Å². The van der Waals surface area contributed by atoms with Gasteiger partial charge in [-0.2, -0.15) is 0 Å². The standard InChI is InChI=1S/C14H8Br2O4/c15-8-1-3-10(12(5-8)14(18)19)11-4-2-9(16)6-13(11)20-7-17/h1-7H,(H,18,19). The zero-order valence-corrected chi connectivity index (χ0v) is 13.1. The van der Waals surface area contributed by atoms with Gasteiger partial charge in [0.1, 0.15) is 5.75 Å². The Labute approximate surface area is 131 Å². The van der Waals surface area contributed by atoms with Gasteiger partial charge in [0, 0.05) is 14.5 Å². The Bertz CT molecular complexity index is 683. The summed E-state index contributed by atoms with van der Waals surface area (Å²) in [5.74, 6) is -0.763. The topological polar surface area (TPSA) is 63.6 Å². The van der Waals surface area contributed by atoms with Crippen LogP contribution in [0.2, 0.25) is 0 Å². The van der Waals surface area contributed by atoms with Crippen molar-refractivity contribution < 1.29 is 19.4 Å². The van der Waals surface area contributed by atoms with Crippen LogP contribution in [0, 0.1) is 0 Å². The molecule has 2 rings (SSSR count). The highest BCUT2D eigenvalue weighted by Crippen LogP contribution is 2.35. The second kappa shape index (κ2) is 6.19. The monoisotopic (exact) mass is 398 g/mol. The molecule has 0 saturated heterocycles. The number of carboxylic acids is 1. The van der Waals surface area contributed by atoms with Gasteiger partial charge < -0.3 is 9.84 Å². The highest BCUT2D eigenvalue weighted by atomic mass is 79.9. The van der Waals surface area contributed by atoms with Gasteiger partial charge in [0.15, 0.2) is 0 Å². The fourth-order valence-corrected chi connectivity index (χ4v) is 2.50. The minimum atomic E-state index is -1.05. The molecule has 20 heavy (non-hydrogen) atoms. The SMILES string of the molecule is O=COc1cc(Br)ccc1-c1ccc(Br)cc1C(=O)O. The summed E-state index contributed by atoms with van der Waals surface area (Å²) in [5, 5.41) is 9.29. The Morgan fingerprint density at radius 1 is 1.05 bits per heavy atom. The molecule has 0 fully saturated rings. The number of carboxylic acid groups (broad SMARTS) is 1. The first-order chi connectivity index (χ1) is 9.52. The van der Waals surface area contributed by atoms with Crippen molar-refractivity contribution in [2.45, 2.75) is 0 Å². The van der Waals surface area contributed by atoms with E-state index in [-0.39, 0.29) is 5.56 Å². The molecule has 0 saturated carbocycles. The quantitative estimate of drug-likeness (QED) is 0.785. The zero-order valence-electron chi connectivity index (χ0n) is 9.97. The van der Waals surface area contributed by atoms with E-state index in [9.17, 15) is 14.7 Å². The maximum atomic E-state index is 11.3. The lowest BCUT2D eigenvalue weighted by Crippen LogP contribution is -2.01. The molecule has 0 aliphatic rings. The fraction of sp³-hybridized carbons (Fsp3) is 0. The van der Waals surface area contributed by atoms with E-state index in [2.05, 4.69) is 31.9 Å². The summed E-state index contributed by atoms with van der Waals surface area (Å²) in [5.41, 5.74) is 1.13. The number of benzene rings is 2. The molecule has 102 valence electrons. The van der Waals surface area contributed by atoms with Crippen molar-refractivity contribution in [3.63, 3.8) is 0 Å². The van der Waals surface area contributed by atoms with Crippen LogP contribution < -0.4 is 4.74 Å². The first-order valence-corrected chi connectivity index (χ1v) is 7.04. The van der Waals surface area contributed by atoms with Gasteiger partial charge in [-0.15, -0.1) is 0 Å². The normalized spacial score (nSPS) is 10.1. The summed E-state index contributed by atoms with van der Waals surface area (Å²) >= 11 is 6.52. The number of aromatic carboxylic acids is 1. The molecule has 0 spiro atoms. The molecule has 0 heterocycles. The number of carbonyl (C=O) groups is 2. The van der Waals surface area contributed by atoms with Crippen molar-refractivity contribution in [3.05, 3.63) is 50.9 Å². The lowest BCUT2D eigenvalue weighted by atomic mass is 9.99. The third-order valence-corrected chi connectivity index (χ3v) is 3.61. The maximum Gasteiger partial charge on any atom is 0.336 e. The summed E-state index contributed by atoms with van der Waals surface area (Å²) in [4.78, 5) is 21.9. The average molecular weight is 400 g/mol. The van der Waals surface area contributed by atoms with Crippen molar-refractivity contribution >= 4 is 44.3 Å². The molecule has 6 heteroatoms. The van der Waals surface area contributed by atoms with Crippen molar-refractivity contribution in [2.75, 3.05) is 0 Å². The predicted octanol–water partition coefficient (Wildman–Crippen LogP) is 4.11. The molecule has 2 aromatic rings. The van der Waals surface area contributed by atoms with Crippen LogP contribution in [0.5, 0.6) is 5.75 Å². The molecule has 0 aliphatic carbocycles. The molecule has 0 atom stereocenters. The first-order valence-electron chi connectivity index (χ1n) is 5.46. The van der Waals surface area contributed by atoms with Gasteiger partial charge in [-0.25, -0.2) is 4.79 Å². The van der Waals surface area contributed by atoms with E-state index >= 15 is 0 Å². The van der Waals surface area contributed by atoms with Gasteiger partial charge in [-0.3, -0.25) is 4.79 Å². The third kappa shape index (κ3) is 3.08. The Hall–Kier alpha value is -1.66. The van der Waals surface area contributed by atoms with Gasteiger partial charge in [-0.05, 0) is 35.9 Å². The van der Waals surface area contributed by atoms with E-state index < -0.39 is 5.97 Å². The van der Waals surface area contributed by atoms with Crippen LogP contribution >= 0.6 is 31.9 Å². The second-order valence-electron chi connectivity index (χ2n) is 3.85. The molecule has 0 radical (unpaired) electrons. The molecule has 2 aromatic carbocycles. The van der Waals surface area contributed by atoms with Crippen molar-refractivity contribution in [3.8, 4) is 16.9 Å². The van der Waals surface area contributed by atoms with Gasteiger partial charge >= 0.3 is 5.97 Å². The third-order valence-electron chi connectivity index (χ3n) is 2.62. The van der Waals surface area contributed by atoms with E-state index in [0.29, 0.717) is 27.8 Å². The lowest BCUT2D eigenvalue weighted by Gasteiger charge is -2.11. The smallest absolute Gasteiger partial charge is 0.336 e. The van der Waals surface area contributed by atoms with E-state index in [0.717, 1.165) is 4.47 Å². The summed E-state index contributed by atoms with van der Waals surface area (Å²) in [6.45, 7) is 0.310. The van der Waals surface area contributed by atoms with Crippen LogP contribution in [0.1, 0.15) is 10.4 Å². The Morgan fingerprint density at radius 3 is 2.25 bits per heavy atom. The highest BCUT2D eigenvalue weighted by molar-refractivity contribution is 9.10. The first kappa shape index (κ1) is 14.7. The van der Waals surface area contributed by atoms with Crippen molar-refractivity contribution in [2.24, 2.45) is 0 Å². The molecular formula is C14H8Br2O4. The van der Waals surface area contributed by atoms with Gasteiger partial charge in [-0.1, -0.05) is 37.9 Å². The Morgan fingerprint density at radius 2 is 1.65 bits per heavy atom. The summed E-state index contributed by atoms with van der Waals surface area (Å²) in [6.07, 6.45) is 0. The fourth-order valence-electron chi connectivity index (χ4n) is 1.80. The molecule has 0 aliphatic heterocycles. The number of hydrogen-bond donors (Lipinski definition) is 1. The second-order valence-corrected chi connectivity index (χ2v) is 5.68. The molecule has 0 bridgehead atoms. The molecule has 4 nitrogen and oxygen atoms in total. The number of halogens is 2. The lowest BCUT2D eigenvalue weighted by molar-refractivity contribution is -0.120. The number of carbonyl (C=O) groups excluding carboxylic acids is 1. The molecule has 0 unspecified atom stereocenters. The zero-order chi connectivity index (χ0) is 14.7. The van der Waals surface area contributed by atoms with Crippen LogP contribution in [0.15, 0.2) is 45.3 Å². The van der Waals surface area contributed by atoms with Gasteiger partial charge in [0.2, 0.25) is 0 Å². The van der Waals surface area contributed by atoms with Crippen LogP contribution in [0.25, 0.3) is 11.1 Å². The van der Waals surface area contributed by atoms with Crippen molar-refractivity contribution in [1.82, 2.24) is 0 Å². The molecule has 1 N–H and O–H groups in total. The highest BCUT2D eigenvalue weighted by Gasteiger charge is 2.16. The van der Waals surface area contributed by atoms with Crippen LogP contribution in [0.4, 0.5) is 0 Å². The van der Waals surface area contributed by atoms with Crippen LogP contribution in [-0.4, -0.2) is 17.5 Å².